The molecule has 3 amide bonds. The Labute approximate surface area is 247 Å². The quantitative estimate of drug-likeness (QED) is 0.237. The summed E-state index contributed by atoms with van der Waals surface area (Å²) >= 11 is 0.754. The lowest BCUT2D eigenvalue weighted by Gasteiger charge is -2.21. The Bertz CT molecular complexity index is 1770. The summed E-state index contributed by atoms with van der Waals surface area (Å²) in [7, 11) is 0. The first-order valence-electron chi connectivity index (χ1n) is 12.3. The third-order valence-corrected chi connectivity index (χ3v) is 6.88. The third kappa shape index (κ3) is 6.82. The second kappa shape index (κ2) is 11.6. The average molecular weight is 639 g/mol. The van der Waals surface area contributed by atoms with Crippen LogP contribution in [0, 0.1) is 12.7 Å². The molecule has 3 aromatic carbocycles. The monoisotopic (exact) mass is 638 g/mol. The molecule has 0 aliphatic carbocycles. The molecule has 1 aromatic heterocycles. The number of amidine groups is 1. The number of ether oxygens (including phenoxy) is 1. The molecular weight excluding hydrogens is 621 g/mol. The zero-order chi connectivity index (χ0) is 31.8. The largest absolute Gasteiger partial charge is 0.573 e. The first-order valence-corrected chi connectivity index (χ1v) is 13.3. The van der Waals surface area contributed by atoms with Crippen LogP contribution in [0.3, 0.4) is 0 Å². The summed E-state index contributed by atoms with van der Waals surface area (Å²) in [5, 5.41) is 6.06. The molecule has 2 heterocycles. The fourth-order valence-electron chi connectivity index (χ4n) is 4.05. The van der Waals surface area contributed by atoms with Crippen molar-refractivity contribution in [3.8, 4) is 22.8 Å². The Morgan fingerprint density at radius 3 is 2.41 bits per heavy atom. The molecule has 5 rings (SSSR count). The van der Waals surface area contributed by atoms with Crippen LogP contribution in [0.1, 0.15) is 11.1 Å². The number of aliphatic imine (C=N–C) groups is 1. The van der Waals surface area contributed by atoms with Gasteiger partial charge in [0.2, 0.25) is 5.91 Å². The number of carbonyl (C=O) groups excluding carboxylic acids is 2. The second-order valence-corrected chi connectivity index (χ2v) is 10.1. The van der Waals surface area contributed by atoms with E-state index in [1.54, 1.807) is 6.92 Å². The Hall–Kier alpha value is -4.93. The maximum absolute atomic E-state index is 14.9. The number of aryl methyl sites for hydroxylation is 1. The van der Waals surface area contributed by atoms with Crippen molar-refractivity contribution in [3.63, 3.8) is 0 Å². The Kier molecular flexibility index (Phi) is 8.07. The molecule has 0 bridgehead atoms. The minimum Gasteiger partial charge on any atom is -0.406 e. The molecule has 44 heavy (non-hydrogen) atoms. The fraction of sp³-hybridized carbons (Fsp3) is 0.148. The molecule has 0 unspecified atom stereocenters. The number of alkyl halides is 6. The molecule has 0 atom stereocenters. The molecular formula is C27H17F7N6O3S. The van der Waals surface area contributed by atoms with E-state index in [0.29, 0.717) is 16.2 Å². The number of hydrogen-bond donors (Lipinski definition) is 1. The minimum absolute atomic E-state index is 0.0489. The molecule has 1 saturated heterocycles. The SMILES string of the molecule is Cc1ccc(C(F)(F)F)c(N2C(=O)CSC2=NC(=O)Nc2ccc(-c3ncn(-c4ccc(OC(F)(F)F)cc4)n3)cc2F)c1. The van der Waals surface area contributed by atoms with Gasteiger partial charge in [0, 0.05) is 5.56 Å². The lowest BCUT2D eigenvalue weighted by molar-refractivity contribution is -0.274. The van der Waals surface area contributed by atoms with Gasteiger partial charge in [-0.3, -0.25) is 9.69 Å². The number of rotatable bonds is 5. The fourth-order valence-corrected chi connectivity index (χ4v) is 4.91. The van der Waals surface area contributed by atoms with Crippen molar-refractivity contribution < 1.29 is 45.1 Å². The van der Waals surface area contributed by atoms with Crippen molar-refractivity contribution in [2.45, 2.75) is 19.5 Å². The highest BCUT2D eigenvalue weighted by atomic mass is 32.2. The van der Waals surface area contributed by atoms with Gasteiger partial charge in [-0.1, -0.05) is 17.8 Å². The van der Waals surface area contributed by atoms with Crippen LogP contribution >= 0.6 is 11.8 Å². The maximum Gasteiger partial charge on any atom is 0.573 e. The Morgan fingerprint density at radius 1 is 1.02 bits per heavy atom. The first-order chi connectivity index (χ1) is 20.7. The van der Waals surface area contributed by atoms with E-state index in [1.165, 1.54) is 41.3 Å². The van der Waals surface area contributed by atoms with Crippen LogP contribution in [0.5, 0.6) is 5.75 Å². The molecule has 17 heteroatoms. The van der Waals surface area contributed by atoms with Crippen LogP contribution in [-0.4, -0.2) is 44.0 Å². The minimum atomic E-state index is -4.85. The highest BCUT2D eigenvalue weighted by Crippen LogP contribution is 2.40. The summed E-state index contributed by atoms with van der Waals surface area (Å²) in [6, 6.07) is 10.4. The summed E-state index contributed by atoms with van der Waals surface area (Å²) < 4.78 is 98.0. The van der Waals surface area contributed by atoms with E-state index < -0.39 is 47.3 Å². The molecule has 1 N–H and O–H groups in total. The molecule has 0 spiro atoms. The number of anilines is 2. The number of carbonyl (C=O) groups is 2. The van der Waals surface area contributed by atoms with Gasteiger partial charge in [-0.15, -0.1) is 18.3 Å². The van der Waals surface area contributed by atoms with E-state index in [2.05, 4.69) is 25.1 Å². The Balaban J connectivity index is 1.32. The lowest BCUT2D eigenvalue weighted by Crippen LogP contribution is -2.32. The highest BCUT2D eigenvalue weighted by Gasteiger charge is 2.40. The van der Waals surface area contributed by atoms with Gasteiger partial charge in [-0.25, -0.2) is 18.9 Å². The number of nitrogens with zero attached hydrogens (tertiary/aromatic N) is 5. The summed E-state index contributed by atoms with van der Waals surface area (Å²) in [5.74, 6) is -2.28. The van der Waals surface area contributed by atoms with Gasteiger partial charge in [0.15, 0.2) is 11.0 Å². The number of hydrogen-bond acceptors (Lipinski definition) is 6. The van der Waals surface area contributed by atoms with Crippen LogP contribution in [0.15, 0.2) is 72.0 Å². The van der Waals surface area contributed by atoms with Crippen LogP contribution in [0.2, 0.25) is 0 Å². The van der Waals surface area contributed by atoms with Crippen molar-refractivity contribution in [2.24, 2.45) is 4.99 Å². The van der Waals surface area contributed by atoms with Gasteiger partial charge in [0.1, 0.15) is 17.9 Å². The molecule has 0 radical (unpaired) electrons. The van der Waals surface area contributed by atoms with E-state index in [-0.39, 0.29) is 28.0 Å². The van der Waals surface area contributed by atoms with Crippen molar-refractivity contribution >= 4 is 40.2 Å². The predicted molar refractivity (Wildman–Crippen MR) is 146 cm³/mol. The molecule has 4 aromatic rings. The first kappa shape index (κ1) is 30.5. The summed E-state index contributed by atoms with van der Waals surface area (Å²) in [5.41, 5.74) is -0.923. The van der Waals surface area contributed by atoms with Crippen LogP contribution in [0.4, 0.5) is 46.9 Å². The summed E-state index contributed by atoms with van der Waals surface area (Å²) in [6.07, 6.45) is -8.37. The zero-order valence-electron chi connectivity index (χ0n) is 22.1. The standard InChI is InChI=1S/C27H17F7N6O3S/c1-14-2-8-18(26(29,30)31)21(10-14)40-22(41)12-44-25(40)37-24(42)36-20-9-3-15(11-19(20)28)23-35-13-39(38-23)16-4-6-17(7-5-16)43-27(32,33)34/h2-11,13H,12H2,1H3,(H,36,42). The molecule has 1 aliphatic rings. The molecule has 1 aliphatic heterocycles. The topological polar surface area (TPSA) is 102 Å². The van der Waals surface area contributed by atoms with Crippen molar-refractivity contribution in [1.29, 1.82) is 0 Å². The van der Waals surface area contributed by atoms with Crippen molar-refractivity contribution in [1.82, 2.24) is 14.8 Å². The van der Waals surface area contributed by atoms with E-state index in [9.17, 15) is 40.3 Å². The van der Waals surface area contributed by atoms with E-state index >= 15 is 0 Å². The van der Waals surface area contributed by atoms with E-state index in [4.69, 9.17) is 0 Å². The van der Waals surface area contributed by atoms with E-state index in [1.807, 2.05) is 0 Å². The third-order valence-electron chi connectivity index (χ3n) is 5.96. The summed E-state index contributed by atoms with van der Waals surface area (Å²) in [4.78, 5) is 33.6. The van der Waals surface area contributed by atoms with Gasteiger partial charge >= 0.3 is 18.6 Å². The normalized spacial score (nSPS) is 14.8. The van der Waals surface area contributed by atoms with Crippen LogP contribution in [-0.2, 0) is 11.0 Å². The lowest BCUT2D eigenvalue weighted by atomic mass is 10.1. The number of thioether (sulfide) groups is 1. The van der Waals surface area contributed by atoms with Crippen molar-refractivity contribution in [2.75, 3.05) is 16.0 Å². The molecule has 1 fully saturated rings. The number of amides is 3. The number of nitrogens with one attached hydrogen (secondary N) is 1. The molecule has 0 saturated carbocycles. The second-order valence-electron chi connectivity index (χ2n) is 9.11. The number of aromatic nitrogens is 3. The smallest absolute Gasteiger partial charge is 0.406 e. The van der Waals surface area contributed by atoms with Crippen LogP contribution < -0.4 is 15.0 Å². The van der Waals surface area contributed by atoms with Crippen LogP contribution in [0.25, 0.3) is 17.1 Å². The predicted octanol–water partition coefficient (Wildman–Crippen LogP) is 6.97. The van der Waals surface area contributed by atoms with Gasteiger partial charge in [0.25, 0.3) is 0 Å². The summed E-state index contributed by atoms with van der Waals surface area (Å²) in [6.45, 7) is 1.54. The van der Waals surface area contributed by atoms with Gasteiger partial charge in [-0.2, -0.15) is 18.2 Å². The maximum atomic E-state index is 14.9. The molecule has 9 nitrogen and oxygen atoms in total. The zero-order valence-corrected chi connectivity index (χ0v) is 22.9. The molecule has 228 valence electrons. The van der Waals surface area contributed by atoms with Gasteiger partial charge in [0.05, 0.1) is 28.4 Å². The van der Waals surface area contributed by atoms with Gasteiger partial charge < -0.3 is 10.1 Å². The Morgan fingerprint density at radius 2 is 1.75 bits per heavy atom. The van der Waals surface area contributed by atoms with Gasteiger partial charge in [-0.05, 0) is 67.1 Å². The average Bonchev–Trinajstić information content (AvgIpc) is 3.56. The van der Waals surface area contributed by atoms with Crippen molar-refractivity contribution in [3.05, 3.63) is 83.9 Å². The van der Waals surface area contributed by atoms with E-state index in [0.717, 1.165) is 42.1 Å². The number of benzene rings is 3. The number of halogens is 7. The highest BCUT2D eigenvalue weighted by molar-refractivity contribution is 8.15. The number of urea groups is 1.